The van der Waals surface area contributed by atoms with Gasteiger partial charge in [0.25, 0.3) is 0 Å². The van der Waals surface area contributed by atoms with E-state index in [4.69, 9.17) is 37.7 Å². The number of anilines is 1. The van der Waals surface area contributed by atoms with Crippen LogP contribution in [0, 0.1) is 0 Å². The molecular weight excluding hydrogens is 424 g/mol. The van der Waals surface area contributed by atoms with Crippen LogP contribution in [0.3, 0.4) is 0 Å². The van der Waals surface area contributed by atoms with Crippen LogP contribution in [0.1, 0.15) is 5.76 Å². The summed E-state index contributed by atoms with van der Waals surface area (Å²) >= 11 is 11.1. The summed E-state index contributed by atoms with van der Waals surface area (Å²) in [5.41, 5.74) is 1.49. The molecule has 0 spiro atoms. The number of amides is 1. The quantitative estimate of drug-likeness (QED) is 0.406. The van der Waals surface area contributed by atoms with E-state index in [1.807, 2.05) is 18.2 Å². The molecule has 1 amide bonds. The van der Waals surface area contributed by atoms with Gasteiger partial charge in [0.2, 0.25) is 5.91 Å². The maximum absolute atomic E-state index is 12.2. The SMILES string of the molecule is COc1ccc(NC(=S)NC(=O)C=Cc2ccc(-c3ccc(Cl)cc3)o2)c(OC)c1. The Morgan fingerprint density at radius 1 is 1.07 bits per heavy atom. The summed E-state index contributed by atoms with van der Waals surface area (Å²) in [6, 6.07) is 16.1. The van der Waals surface area contributed by atoms with Gasteiger partial charge in [0.05, 0.1) is 19.9 Å². The van der Waals surface area contributed by atoms with E-state index in [1.165, 1.54) is 13.2 Å². The predicted octanol–water partition coefficient (Wildman–Crippen LogP) is 5.14. The Bertz CT molecular complexity index is 1080. The van der Waals surface area contributed by atoms with Crippen LogP contribution in [0.25, 0.3) is 17.4 Å². The number of rotatable bonds is 6. The highest BCUT2D eigenvalue weighted by Gasteiger charge is 2.08. The number of hydrogen-bond donors (Lipinski definition) is 2. The number of methoxy groups -OCH3 is 2. The van der Waals surface area contributed by atoms with Crippen molar-refractivity contribution in [3.05, 3.63) is 71.5 Å². The minimum Gasteiger partial charge on any atom is -0.497 e. The maximum Gasteiger partial charge on any atom is 0.250 e. The first kappa shape index (κ1) is 21.4. The molecule has 0 saturated heterocycles. The van der Waals surface area contributed by atoms with Gasteiger partial charge in [-0.15, -0.1) is 0 Å². The van der Waals surface area contributed by atoms with Crippen LogP contribution in [0.2, 0.25) is 5.02 Å². The minimum absolute atomic E-state index is 0.134. The van der Waals surface area contributed by atoms with Crippen LogP contribution in [0.15, 0.2) is 65.1 Å². The third-order valence-corrected chi connectivity index (χ3v) is 4.50. The fourth-order valence-electron chi connectivity index (χ4n) is 2.58. The summed E-state index contributed by atoms with van der Waals surface area (Å²) in [6.45, 7) is 0. The zero-order valence-corrected chi connectivity index (χ0v) is 17.8. The molecule has 154 valence electrons. The van der Waals surface area contributed by atoms with Gasteiger partial charge in [0, 0.05) is 22.7 Å². The van der Waals surface area contributed by atoms with Crippen molar-refractivity contribution in [2.75, 3.05) is 19.5 Å². The summed E-state index contributed by atoms with van der Waals surface area (Å²) < 4.78 is 16.2. The van der Waals surface area contributed by atoms with Gasteiger partial charge >= 0.3 is 0 Å². The highest BCUT2D eigenvalue weighted by atomic mass is 35.5. The molecular formula is C22H19ClN2O4S. The van der Waals surface area contributed by atoms with E-state index in [1.54, 1.807) is 49.6 Å². The van der Waals surface area contributed by atoms with Gasteiger partial charge in [-0.2, -0.15) is 0 Å². The number of carbonyl (C=O) groups excluding carboxylic acids is 1. The molecule has 0 saturated carbocycles. The highest BCUT2D eigenvalue weighted by molar-refractivity contribution is 7.80. The van der Waals surface area contributed by atoms with Crippen molar-refractivity contribution in [2.24, 2.45) is 0 Å². The number of furan rings is 1. The molecule has 3 rings (SSSR count). The molecule has 0 fully saturated rings. The lowest BCUT2D eigenvalue weighted by atomic mass is 10.2. The van der Waals surface area contributed by atoms with E-state index in [0.29, 0.717) is 33.7 Å². The van der Waals surface area contributed by atoms with Crippen LogP contribution < -0.4 is 20.1 Å². The largest absolute Gasteiger partial charge is 0.497 e. The van der Waals surface area contributed by atoms with Gasteiger partial charge < -0.3 is 19.2 Å². The lowest BCUT2D eigenvalue weighted by Crippen LogP contribution is -2.32. The fraction of sp³-hybridized carbons (Fsp3) is 0.0909. The molecule has 2 N–H and O–H groups in total. The Balaban J connectivity index is 1.58. The van der Waals surface area contributed by atoms with Crippen LogP contribution in [-0.2, 0) is 4.79 Å². The van der Waals surface area contributed by atoms with Crippen molar-refractivity contribution in [1.29, 1.82) is 0 Å². The standard InChI is InChI=1S/C22H19ClN2O4S/c1-27-17-7-10-18(20(13-17)28-2)24-22(30)25-21(26)12-9-16-8-11-19(29-16)14-3-5-15(23)6-4-14/h3-13H,1-2H3,(H2,24,25,26,30). The number of nitrogens with one attached hydrogen (secondary N) is 2. The second-order valence-corrected chi connectivity index (χ2v) is 6.90. The molecule has 6 nitrogen and oxygen atoms in total. The fourth-order valence-corrected chi connectivity index (χ4v) is 2.91. The molecule has 1 aromatic heterocycles. The number of thiocarbonyl (C=S) groups is 1. The predicted molar refractivity (Wildman–Crippen MR) is 122 cm³/mol. The maximum atomic E-state index is 12.2. The summed E-state index contributed by atoms with van der Waals surface area (Å²) in [5.74, 6) is 1.99. The van der Waals surface area contributed by atoms with E-state index >= 15 is 0 Å². The number of halogens is 1. The Kier molecular flexibility index (Phi) is 7.11. The molecule has 0 radical (unpaired) electrons. The average Bonchev–Trinajstić information content (AvgIpc) is 3.22. The third kappa shape index (κ3) is 5.62. The van der Waals surface area contributed by atoms with Crippen LogP contribution in [0.4, 0.5) is 5.69 Å². The molecule has 0 aliphatic carbocycles. The lowest BCUT2D eigenvalue weighted by Gasteiger charge is -2.13. The summed E-state index contributed by atoms with van der Waals surface area (Å²) in [4.78, 5) is 12.2. The molecule has 0 aliphatic rings. The van der Waals surface area contributed by atoms with E-state index in [9.17, 15) is 4.79 Å². The smallest absolute Gasteiger partial charge is 0.250 e. The van der Waals surface area contributed by atoms with Crippen molar-refractivity contribution in [1.82, 2.24) is 5.32 Å². The Hall–Kier alpha value is -3.29. The second-order valence-electron chi connectivity index (χ2n) is 6.05. The van der Waals surface area contributed by atoms with Gasteiger partial charge in [-0.1, -0.05) is 11.6 Å². The minimum atomic E-state index is -0.399. The van der Waals surface area contributed by atoms with Crippen molar-refractivity contribution < 1.29 is 18.7 Å². The van der Waals surface area contributed by atoms with E-state index in [0.717, 1.165) is 5.56 Å². The number of benzene rings is 2. The Labute approximate surface area is 184 Å². The third-order valence-electron chi connectivity index (χ3n) is 4.05. The summed E-state index contributed by atoms with van der Waals surface area (Å²) in [5, 5.41) is 6.28. The van der Waals surface area contributed by atoms with Crippen molar-refractivity contribution in [3.8, 4) is 22.8 Å². The van der Waals surface area contributed by atoms with Gasteiger partial charge in [-0.3, -0.25) is 10.1 Å². The van der Waals surface area contributed by atoms with E-state index in [2.05, 4.69) is 10.6 Å². The van der Waals surface area contributed by atoms with Gasteiger partial charge in [0.15, 0.2) is 5.11 Å². The molecule has 0 bridgehead atoms. The van der Waals surface area contributed by atoms with Crippen LogP contribution in [-0.4, -0.2) is 25.2 Å². The topological polar surface area (TPSA) is 72.7 Å². The molecule has 3 aromatic rings. The van der Waals surface area contributed by atoms with E-state index in [-0.39, 0.29) is 5.11 Å². The van der Waals surface area contributed by atoms with Gasteiger partial charge in [0.1, 0.15) is 23.0 Å². The second kappa shape index (κ2) is 9.96. The molecule has 0 atom stereocenters. The number of carbonyl (C=O) groups is 1. The first-order valence-electron chi connectivity index (χ1n) is 8.86. The Morgan fingerprint density at radius 2 is 1.83 bits per heavy atom. The van der Waals surface area contributed by atoms with Crippen LogP contribution >= 0.6 is 23.8 Å². The molecule has 0 aliphatic heterocycles. The Morgan fingerprint density at radius 3 is 2.53 bits per heavy atom. The monoisotopic (exact) mass is 442 g/mol. The van der Waals surface area contributed by atoms with E-state index < -0.39 is 5.91 Å². The summed E-state index contributed by atoms with van der Waals surface area (Å²) in [6.07, 6.45) is 2.90. The van der Waals surface area contributed by atoms with Crippen molar-refractivity contribution in [2.45, 2.75) is 0 Å². The zero-order valence-electron chi connectivity index (χ0n) is 16.3. The summed E-state index contributed by atoms with van der Waals surface area (Å²) in [7, 11) is 3.10. The zero-order chi connectivity index (χ0) is 21.5. The molecule has 1 heterocycles. The normalized spacial score (nSPS) is 10.6. The first-order valence-corrected chi connectivity index (χ1v) is 9.65. The highest BCUT2D eigenvalue weighted by Crippen LogP contribution is 2.29. The van der Waals surface area contributed by atoms with Crippen molar-refractivity contribution in [3.63, 3.8) is 0 Å². The molecule has 8 heteroatoms. The van der Waals surface area contributed by atoms with Gasteiger partial charge in [-0.25, -0.2) is 0 Å². The lowest BCUT2D eigenvalue weighted by molar-refractivity contribution is -0.115. The number of ether oxygens (including phenoxy) is 2. The molecule has 0 unspecified atom stereocenters. The first-order chi connectivity index (χ1) is 14.5. The number of hydrogen-bond acceptors (Lipinski definition) is 5. The molecule has 2 aromatic carbocycles. The van der Waals surface area contributed by atoms with Gasteiger partial charge in [-0.05, 0) is 66.8 Å². The average molecular weight is 443 g/mol. The molecule has 30 heavy (non-hydrogen) atoms. The van der Waals surface area contributed by atoms with Crippen molar-refractivity contribution >= 4 is 46.6 Å². The van der Waals surface area contributed by atoms with Crippen LogP contribution in [0.5, 0.6) is 11.5 Å².